The van der Waals surface area contributed by atoms with E-state index < -0.39 is 26.4 Å². The number of ketones is 1. The summed E-state index contributed by atoms with van der Waals surface area (Å²) in [5, 5.41) is 17.9. The second-order valence-corrected chi connectivity index (χ2v) is 5.96. The van der Waals surface area contributed by atoms with Crippen LogP contribution in [0.2, 0.25) is 0 Å². The maximum absolute atomic E-state index is 12.0. The SMILES string of the molecule is CCC(Br)(C(=O)O)C(=O)C(Br)(CC)C(=O)O. The average molecular weight is 360 g/mol. The van der Waals surface area contributed by atoms with E-state index in [9.17, 15) is 14.4 Å². The topological polar surface area (TPSA) is 91.7 Å². The maximum Gasteiger partial charge on any atom is 0.328 e. The van der Waals surface area contributed by atoms with Crippen LogP contribution in [0, 0.1) is 0 Å². The number of carbonyl (C=O) groups excluding carboxylic acids is 1. The van der Waals surface area contributed by atoms with Crippen molar-refractivity contribution in [1.82, 2.24) is 0 Å². The van der Waals surface area contributed by atoms with Gasteiger partial charge in [0.2, 0.25) is 0 Å². The molecule has 0 fully saturated rings. The van der Waals surface area contributed by atoms with Gasteiger partial charge in [0.25, 0.3) is 0 Å². The number of hydrogen-bond acceptors (Lipinski definition) is 3. The van der Waals surface area contributed by atoms with E-state index in [0.717, 1.165) is 0 Å². The first-order chi connectivity index (χ1) is 7.16. The summed E-state index contributed by atoms with van der Waals surface area (Å²) in [6, 6.07) is 0. The summed E-state index contributed by atoms with van der Waals surface area (Å²) in [4.78, 5) is 34.0. The molecule has 5 nitrogen and oxygen atoms in total. The molecule has 0 saturated heterocycles. The molecule has 2 unspecified atom stereocenters. The molecule has 0 aromatic rings. The molecule has 0 amide bonds. The van der Waals surface area contributed by atoms with Gasteiger partial charge < -0.3 is 10.2 Å². The first-order valence-electron chi connectivity index (χ1n) is 4.56. The molecule has 7 heteroatoms. The van der Waals surface area contributed by atoms with Gasteiger partial charge in [-0.25, -0.2) is 0 Å². The molecule has 2 atom stereocenters. The lowest BCUT2D eigenvalue weighted by Crippen LogP contribution is -2.53. The van der Waals surface area contributed by atoms with Crippen LogP contribution in [0.15, 0.2) is 0 Å². The molecule has 0 saturated carbocycles. The minimum Gasteiger partial charge on any atom is -0.480 e. The van der Waals surface area contributed by atoms with E-state index in [0.29, 0.717) is 0 Å². The normalized spacial score (nSPS) is 18.2. The van der Waals surface area contributed by atoms with Crippen molar-refractivity contribution in [3.05, 3.63) is 0 Å². The molecule has 92 valence electrons. The monoisotopic (exact) mass is 358 g/mol. The molecule has 0 heterocycles. The first-order valence-corrected chi connectivity index (χ1v) is 6.14. The molecule has 0 aromatic heterocycles. The Hall–Kier alpha value is -0.430. The minimum atomic E-state index is -1.87. The van der Waals surface area contributed by atoms with Crippen molar-refractivity contribution in [2.75, 3.05) is 0 Å². The Bertz CT molecular complexity index is 300. The quantitative estimate of drug-likeness (QED) is 0.557. The molecule has 0 spiro atoms. The Morgan fingerprint density at radius 3 is 1.31 bits per heavy atom. The maximum atomic E-state index is 12.0. The number of carboxylic acids is 2. The zero-order valence-corrected chi connectivity index (χ0v) is 12.0. The highest BCUT2D eigenvalue weighted by molar-refractivity contribution is 9.11. The van der Waals surface area contributed by atoms with Crippen LogP contribution in [0.25, 0.3) is 0 Å². The first kappa shape index (κ1) is 15.6. The number of alkyl halides is 2. The van der Waals surface area contributed by atoms with Gasteiger partial charge in [-0.2, -0.15) is 0 Å². The number of aliphatic carboxylic acids is 2. The van der Waals surface area contributed by atoms with Crippen molar-refractivity contribution < 1.29 is 24.6 Å². The highest BCUT2D eigenvalue weighted by Gasteiger charge is 2.54. The van der Waals surface area contributed by atoms with Crippen LogP contribution in [0.5, 0.6) is 0 Å². The Morgan fingerprint density at radius 2 is 1.19 bits per heavy atom. The smallest absolute Gasteiger partial charge is 0.328 e. The molecule has 0 aliphatic heterocycles. The number of hydrogen-bond donors (Lipinski definition) is 2. The van der Waals surface area contributed by atoms with E-state index in [1.165, 1.54) is 13.8 Å². The Kier molecular flexibility index (Phi) is 5.13. The highest BCUT2D eigenvalue weighted by Crippen LogP contribution is 2.36. The van der Waals surface area contributed by atoms with Gasteiger partial charge in [0, 0.05) is 0 Å². The van der Waals surface area contributed by atoms with Gasteiger partial charge in [-0.1, -0.05) is 45.7 Å². The van der Waals surface area contributed by atoms with E-state index in [1.807, 2.05) is 0 Å². The molecule has 0 aromatic carbocycles. The van der Waals surface area contributed by atoms with Crippen LogP contribution in [0.4, 0.5) is 0 Å². The number of Topliss-reactive ketones (excluding diaryl/α,β-unsaturated/α-hetero) is 1. The largest absolute Gasteiger partial charge is 0.480 e. The van der Waals surface area contributed by atoms with Crippen LogP contribution < -0.4 is 0 Å². The summed E-state index contributed by atoms with van der Waals surface area (Å²) in [6.07, 6.45) is -0.0798. The summed E-state index contributed by atoms with van der Waals surface area (Å²) in [5.41, 5.74) is 0. The predicted molar refractivity (Wildman–Crippen MR) is 64.2 cm³/mol. The molecule has 0 bridgehead atoms. The lowest BCUT2D eigenvalue weighted by molar-refractivity contribution is -0.148. The molecular formula is C9H12Br2O5. The van der Waals surface area contributed by atoms with Crippen molar-refractivity contribution in [1.29, 1.82) is 0 Å². The molecule has 0 rings (SSSR count). The van der Waals surface area contributed by atoms with Gasteiger partial charge in [-0.05, 0) is 12.8 Å². The van der Waals surface area contributed by atoms with Crippen molar-refractivity contribution in [2.45, 2.75) is 35.3 Å². The number of carbonyl (C=O) groups is 3. The Balaban J connectivity index is 5.48. The summed E-state index contributed by atoms with van der Waals surface area (Å²) in [6.45, 7) is 2.98. The number of rotatable bonds is 6. The van der Waals surface area contributed by atoms with Gasteiger partial charge >= 0.3 is 11.9 Å². The fraction of sp³-hybridized carbons (Fsp3) is 0.667. The fourth-order valence-electron chi connectivity index (χ4n) is 1.13. The van der Waals surface area contributed by atoms with Gasteiger partial charge in [-0.15, -0.1) is 0 Å². The summed E-state index contributed by atoms with van der Waals surface area (Å²) in [7, 11) is 0. The lowest BCUT2D eigenvalue weighted by Gasteiger charge is -2.28. The van der Waals surface area contributed by atoms with Crippen molar-refractivity contribution in [3.63, 3.8) is 0 Å². The molecular weight excluding hydrogens is 348 g/mol. The summed E-state index contributed by atoms with van der Waals surface area (Å²) in [5.74, 6) is -3.69. The van der Waals surface area contributed by atoms with Gasteiger partial charge in [-0.3, -0.25) is 14.4 Å². The Labute approximate surface area is 109 Å². The van der Waals surface area contributed by atoms with Crippen LogP contribution in [-0.4, -0.2) is 36.6 Å². The molecule has 0 aliphatic carbocycles. The third-order valence-corrected chi connectivity index (χ3v) is 4.89. The van der Waals surface area contributed by atoms with Crippen LogP contribution in [-0.2, 0) is 14.4 Å². The van der Waals surface area contributed by atoms with E-state index in [-0.39, 0.29) is 12.8 Å². The van der Waals surface area contributed by atoms with E-state index in [2.05, 4.69) is 31.9 Å². The molecule has 0 aliphatic rings. The summed E-state index contributed by atoms with van der Waals surface area (Å²) < 4.78 is -3.74. The molecule has 2 N–H and O–H groups in total. The van der Waals surface area contributed by atoms with Crippen LogP contribution >= 0.6 is 31.9 Å². The molecule has 16 heavy (non-hydrogen) atoms. The van der Waals surface area contributed by atoms with Gasteiger partial charge in [0.15, 0.2) is 14.4 Å². The lowest BCUT2D eigenvalue weighted by atomic mass is 9.89. The van der Waals surface area contributed by atoms with Crippen LogP contribution in [0.1, 0.15) is 26.7 Å². The Morgan fingerprint density at radius 1 is 0.938 bits per heavy atom. The average Bonchev–Trinajstić information content (AvgIpc) is 2.25. The summed E-state index contributed by atoms with van der Waals surface area (Å²) >= 11 is 5.63. The van der Waals surface area contributed by atoms with Crippen molar-refractivity contribution in [2.24, 2.45) is 0 Å². The van der Waals surface area contributed by atoms with Crippen LogP contribution in [0.3, 0.4) is 0 Å². The van der Waals surface area contributed by atoms with Crippen molar-refractivity contribution in [3.8, 4) is 0 Å². The second-order valence-electron chi connectivity index (χ2n) is 3.25. The van der Waals surface area contributed by atoms with E-state index >= 15 is 0 Å². The highest BCUT2D eigenvalue weighted by atomic mass is 79.9. The standard InChI is InChI=1S/C9H12Br2O5/c1-3-8(10,6(13)14)5(12)9(11,4-2)7(15)16/h3-4H2,1-2H3,(H,13,14)(H,15,16). The van der Waals surface area contributed by atoms with E-state index in [4.69, 9.17) is 10.2 Å². The van der Waals surface area contributed by atoms with Gasteiger partial charge in [0.05, 0.1) is 0 Å². The zero-order chi connectivity index (χ0) is 13.1. The predicted octanol–water partition coefficient (Wildman–Crippen LogP) is 1.81. The third kappa shape index (κ3) is 2.45. The van der Waals surface area contributed by atoms with Crippen molar-refractivity contribution >= 4 is 49.6 Å². The zero-order valence-electron chi connectivity index (χ0n) is 8.79. The fourth-order valence-corrected chi connectivity index (χ4v) is 2.07. The minimum absolute atomic E-state index is 0.0399. The van der Waals surface area contributed by atoms with Gasteiger partial charge in [0.1, 0.15) is 0 Å². The molecule has 0 radical (unpaired) electrons. The number of halogens is 2. The second kappa shape index (κ2) is 5.27. The third-order valence-electron chi connectivity index (χ3n) is 2.37. The number of carboxylic acid groups (broad SMARTS) is 2. The van der Waals surface area contributed by atoms with E-state index in [1.54, 1.807) is 0 Å².